The monoisotopic (exact) mass is 274 g/mol. The minimum absolute atomic E-state index is 0.0559. The number of aryl methyl sites for hydroxylation is 1. The van der Waals surface area contributed by atoms with Gasteiger partial charge in [0.15, 0.2) is 5.65 Å². The minimum atomic E-state index is -0.454. The van der Waals surface area contributed by atoms with Crippen LogP contribution < -0.4 is 16.4 Å². The Morgan fingerprint density at radius 1 is 1.30 bits per heavy atom. The number of hydrogen-bond donors (Lipinski definition) is 1. The third kappa shape index (κ3) is 1.96. The van der Waals surface area contributed by atoms with Gasteiger partial charge in [0.2, 0.25) is 0 Å². The summed E-state index contributed by atoms with van der Waals surface area (Å²) in [4.78, 5) is 29.0. The molecule has 1 aliphatic heterocycles. The van der Waals surface area contributed by atoms with E-state index in [2.05, 4.69) is 10.3 Å². The van der Waals surface area contributed by atoms with Crippen molar-refractivity contribution in [3.8, 4) is 0 Å². The van der Waals surface area contributed by atoms with Crippen LogP contribution >= 0.6 is 0 Å². The number of rotatable bonds is 2. The molecule has 0 saturated carbocycles. The number of nitrogens with zero attached hydrogens (tertiary/aromatic N) is 3. The lowest BCUT2D eigenvalue weighted by molar-refractivity contribution is 0.364. The summed E-state index contributed by atoms with van der Waals surface area (Å²) < 4.78 is 3.10. The number of pyridine rings is 1. The van der Waals surface area contributed by atoms with Crippen molar-refractivity contribution in [3.05, 3.63) is 39.0 Å². The van der Waals surface area contributed by atoms with E-state index < -0.39 is 11.1 Å². The van der Waals surface area contributed by atoms with Crippen molar-refractivity contribution in [1.29, 1.82) is 0 Å². The molecule has 2 aromatic heterocycles. The highest BCUT2D eigenvalue weighted by atomic mass is 16.2. The first-order valence-corrected chi connectivity index (χ1v) is 7.04. The number of aromatic nitrogens is 3. The maximum atomic E-state index is 12.4. The number of fused-ring (bicyclic) bond motifs is 1. The molecule has 0 aliphatic carbocycles. The van der Waals surface area contributed by atoms with Crippen LogP contribution in [0.5, 0.6) is 0 Å². The molecule has 6 nitrogen and oxygen atoms in total. The van der Waals surface area contributed by atoms with E-state index in [1.807, 2.05) is 13.0 Å². The van der Waals surface area contributed by atoms with Gasteiger partial charge in [0.1, 0.15) is 0 Å². The lowest BCUT2D eigenvalue weighted by Crippen LogP contribution is -2.44. The first kappa shape index (κ1) is 13.1. The summed E-state index contributed by atoms with van der Waals surface area (Å²) in [6.45, 7) is 4.07. The molecule has 1 saturated heterocycles. The second kappa shape index (κ2) is 5.20. The molecule has 0 unspecified atom stereocenters. The maximum Gasteiger partial charge on any atom is 0.318 e. The standard InChI is InChI=1S/C14H18N4O2/c1-2-17-11-4-3-7-16-12(11)18(14(20)13(17)19)10-5-8-15-9-6-10/h3-4,7,10,15H,2,5-6,8-9H2,1H3. The van der Waals surface area contributed by atoms with E-state index in [9.17, 15) is 9.59 Å². The SMILES string of the molecule is CCn1c(=O)c(=O)n(C2CCNCC2)c2ncccc21. The molecule has 1 fully saturated rings. The Bertz CT molecular complexity index is 741. The van der Waals surface area contributed by atoms with E-state index in [1.165, 1.54) is 4.57 Å². The zero-order valence-corrected chi connectivity index (χ0v) is 11.5. The van der Waals surface area contributed by atoms with Gasteiger partial charge in [-0.05, 0) is 45.0 Å². The van der Waals surface area contributed by atoms with Gasteiger partial charge in [-0.15, -0.1) is 0 Å². The molecule has 0 amide bonds. The fraction of sp³-hybridized carbons (Fsp3) is 0.500. The molecule has 1 aliphatic rings. The van der Waals surface area contributed by atoms with Gasteiger partial charge in [-0.2, -0.15) is 0 Å². The highest BCUT2D eigenvalue weighted by Crippen LogP contribution is 2.20. The highest BCUT2D eigenvalue weighted by Gasteiger charge is 2.21. The van der Waals surface area contributed by atoms with Crippen molar-refractivity contribution >= 4 is 11.2 Å². The summed E-state index contributed by atoms with van der Waals surface area (Å²) in [6, 6.07) is 3.70. The van der Waals surface area contributed by atoms with Crippen molar-refractivity contribution < 1.29 is 0 Å². The van der Waals surface area contributed by atoms with Gasteiger partial charge in [0, 0.05) is 18.8 Å². The van der Waals surface area contributed by atoms with Crippen LogP contribution in [0.25, 0.3) is 11.2 Å². The molecular weight excluding hydrogens is 256 g/mol. The smallest absolute Gasteiger partial charge is 0.317 e. The zero-order chi connectivity index (χ0) is 14.1. The fourth-order valence-corrected chi connectivity index (χ4v) is 2.93. The first-order chi connectivity index (χ1) is 9.74. The van der Waals surface area contributed by atoms with Crippen LogP contribution in [0.2, 0.25) is 0 Å². The van der Waals surface area contributed by atoms with Crippen molar-refractivity contribution in [2.75, 3.05) is 13.1 Å². The van der Waals surface area contributed by atoms with Gasteiger partial charge in [-0.1, -0.05) is 0 Å². The average Bonchev–Trinajstić information content (AvgIpc) is 2.50. The predicted molar refractivity (Wildman–Crippen MR) is 77.1 cm³/mol. The quantitative estimate of drug-likeness (QED) is 0.810. The van der Waals surface area contributed by atoms with Crippen LogP contribution in [0, 0.1) is 0 Å². The van der Waals surface area contributed by atoms with Gasteiger partial charge >= 0.3 is 11.1 Å². The van der Waals surface area contributed by atoms with Crippen LogP contribution in [-0.2, 0) is 6.54 Å². The van der Waals surface area contributed by atoms with Crippen LogP contribution in [0.1, 0.15) is 25.8 Å². The molecule has 0 spiro atoms. The lowest BCUT2D eigenvalue weighted by atomic mass is 10.1. The van der Waals surface area contributed by atoms with E-state index in [4.69, 9.17) is 0 Å². The minimum Gasteiger partial charge on any atom is -0.317 e. The molecule has 3 rings (SSSR count). The summed E-state index contributed by atoms with van der Waals surface area (Å²) >= 11 is 0. The van der Waals surface area contributed by atoms with Crippen LogP contribution in [0.15, 0.2) is 27.9 Å². The Hall–Kier alpha value is -1.95. The molecule has 0 atom stereocenters. The van der Waals surface area contributed by atoms with Crippen molar-refractivity contribution in [3.63, 3.8) is 0 Å². The molecule has 106 valence electrons. The fourth-order valence-electron chi connectivity index (χ4n) is 2.93. The second-order valence-electron chi connectivity index (χ2n) is 5.05. The first-order valence-electron chi connectivity index (χ1n) is 7.04. The van der Waals surface area contributed by atoms with Gasteiger partial charge < -0.3 is 9.88 Å². The van der Waals surface area contributed by atoms with E-state index >= 15 is 0 Å². The molecule has 2 aromatic rings. The Morgan fingerprint density at radius 3 is 2.75 bits per heavy atom. The lowest BCUT2D eigenvalue weighted by Gasteiger charge is -2.26. The molecule has 6 heteroatoms. The van der Waals surface area contributed by atoms with Crippen molar-refractivity contribution in [2.24, 2.45) is 0 Å². The normalized spacial score (nSPS) is 16.6. The van der Waals surface area contributed by atoms with Crippen molar-refractivity contribution in [2.45, 2.75) is 32.4 Å². The molecular formula is C14H18N4O2. The molecule has 1 N–H and O–H groups in total. The van der Waals surface area contributed by atoms with Crippen LogP contribution in [0.3, 0.4) is 0 Å². The highest BCUT2D eigenvalue weighted by molar-refractivity contribution is 5.70. The Balaban J connectivity index is 2.33. The third-order valence-electron chi connectivity index (χ3n) is 3.92. The molecule has 20 heavy (non-hydrogen) atoms. The van der Waals surface area contributed by atoms with E-state index in [-0.39, 0.29) is 6.04 Å². The summed E-state index contributed by atoms with van der Waals surface area (Å²) in [7, 11) is 0. The van der Waals surface area contributed by atoms with Crippen LogP contribution in [0.4, 0.5) is 0 Å². The third-order valence-corrected chi connectivity index (χ3v) is 3.92. The zero-order valence-electron chi connectivity index (χ0n) is 11.5. The maximum absolute atomic E-state index is 12.4. The van der Waals surface area contributed by atoms with Gasteiger partial charge in [-0.25, -0.2) is 4.98 Å². The van der Waals surface area contributed by atoms with E-state index in [0.717, 1.165) is 31.4 Å². The Labute approximate surface area is 116 Å². The number of piperidine rings is 1. The summed E-state index contributed by atoms with van der Waals surface area (Å²) in [5.41, 5.74) is 0.445. The summed E-state index contributed by atoms with van der Waals surface area (Å²) in [5, 5.41) is 3.27. The largest absolute Gasteiger partial charge is 0.318 e. The van der Waals surface area contributed by atoms with Gasteiger partial charge in [0.25, 0.3) is 0 Å². The average molecular weight is 274 g/mol. The van der Waals surface area contributed by atoms with Gasteiger partial charge in [0.05, 0.1) is 5.52 Å². The Morgan fingerprint density at radius 2 is 2.05 bits per heavy atom. The summed E-state index contributed by atoms with van der Waals surface area (Å²) in [6.07, 6.45) is 3.37. The topological polar surface area (TPSA) is 68.9 Å². The summed E-state index contributed by atoms with van der Waals surface area (Å²) in [5.74, 6) is 0. The van der Waals surface area contributed by atoms with E-state index in [1.54, 1.807) is 16.8 Å². The molecule has 0 radical (unpaired) electrons. The van der Waals surface area contributed by atoms with Crippen LogP contribution in [-0.4, -0.2) is 27.2 Å². The van der Waals surface area contributed by atoms with E-state index in [0.29, 0.717) is 12.2 Å². The predicted octanol–water partition coefficient (Wildman–Crippen LogP) is 0.503. The second-order valence-corrected chi connectivity index (χ2v) is 5.05. The molecule has 3 heterocycles. The molecule has 0 bridgehead atoms. The van der Waals surface area contributed by atoms with Gasteiger partial charge in [-0.3, -0.25) is 14.2 Å². The number of nitrogens with one attached hydrogen (secondary N) is 1. The van der Waals surface area contributed by atoms with Crippen molar-refractivity contribution in [1.82, 2.24) is 19.4 Å². The Kier molecular flexibility index (Phi) is 3.40. The number of hydrogen-bond acceptors (Lipinski definition) is 4. The molecule has 0 aromatic carbocycles.